The summed E-state index contributed by atoms with van der Waals surface area (Å²) in [5.74, 6) is 0.867. The van der Waals surface area contributed by atoms with E-state index in [1.54, 1.807) is 17.8 Å². The standard InChI is InChI=1S/C12H12N4OS/c1-17-10-4-2-9(3-5-10)8-14-11-15-16-7-6-13-12(16)18-11/h2-7H,8H2,1H3,(H,14,15). The molecular formula is C12H12N4OS. The van der Waals surface area contributed by atoms with Gasteiger partial charge in [0.1, 0.15) is 5.75 Å². The molecule has 3 aromatic rings. The van der Waals surface area contributed by atoms with Crippen LogP contribution in [0.1, 0.15) is 5.56 Å². The summed E-state index contributed by atoms with van der Waals surface area (Å²) in [5.41, 5.74) is 1.18. The van der Waals surface area contributed by atoms with Crippen molar-refractivity contribution in [3.05, 3.63) is 42.2 Å². The smallest absolute Gasteiger partial charge is 0.213 e. The lowest BCUT2D eigenvalue weighted by molar-refractivity contribution is 0.414. The Hall–Kier alpha value is -2.08. The first kappa shape index (κ1) is 11.0. The van der Waals surface area contributed by atoms with Crippen LogP contribution in [0.3, 0.4) is 0 Å². The third-order valence-electron chi connectivity index (χ3n) is 2.58. The van der Waals surface area contributed by atoms with Gasteiger partial charge in [-0.15, -0.1) is 5.10 Å². The fraction of sp³-hybridized carbons (Fsp3) is 0.167. The van der Waals surface area contributed by atoms with Crippen molar-refractivity contribution < 1.29 is 4.74 Å². The summed E-state index contributed by atoms with van der Waals surface area (Å²) >= 11 is 1.54. The number of benzene rings is 1. The van der Waals surface area contributed by atoms with Gasteiger partial charge in [0.2, 0.25) is 10.1 Å². The molecule has 18 heavy (non-hydrogen) atoms. The maximum atomic E-state index is 5.12. The number of nitrogens with one attached hydrogen (secondary N) is 1. The molecule has 0 bridgehead atoms. The molecule has 3 rings (SSSR count). The zero-order chi connectivity index (χ0) is 12.4. The summed E-state index contributed by atoms with van der Waals surface area (Å²) in [6.45, 7) is 0.737. The zero-order valence-electron chi connectivity index (χ0n) is 9.83. The Morgan fingerprint density at radius 2 is 2.17 bits per heavy atom. The highest BCUT2D eigenvalue weighted by Gasteiger charge is 2.03. The van der Waals surface area contributed by atoms with Crippen molar-refractivity contribution in [2.24, 2.45) is 0 Å². The van der Waals surface area contributed by atoms with E-state index >= 15 is 0 Å². The van der Waals surface area contributed by atoms with Gasteiger partial charge in [-0.25, -0.2) is 9.50 Å². The van der Waals surface area contributed by atoms with Gasteiger partial charge in [0.15, 0.2) is 0 Å². The molecule has 0 saturated carbocycles. The third kappa shape index (κ3) is 2.14. The molecule has 1 N–H and O–H groups in total. The SMILES string of the molecule is COc1ccc(CNc2nn3ccnc3s2)cc1. The molecule has 92 valence electrons. The molecule has 0 spiro atoms. The van der Waals surface area contributed by atoms with Gasteiger partial charge in [-0.1, -0.05) is 23.5 Å². The Kier molecular flexibility index (Phi) is 2.85. The molecule has 0 aliphatic rings. The van der Waals surface area contributed by atoms with Crippen LogP contribution in [0, 0.1) is 0 Å². The molecule has 2 heterocycles. The fourth-order valence-electron chi connectivity index (χ4n) is 1.63. The minimum Gasteiger partial charge on any atom is -0.497 e. The summed E-state index contributed by atoms with van der Waals surface area (Å²) in [4.78, 5) is 5.08. The molecule has 0 aliphatic heterocycles. The number of methoxy groups -OCH3 is 1. The van der Waals surface area contributed by atoms with Crippen LogP contribution in [0.25, 0.3) is 4.96 Å². The van der Waals surface area contributed by atoms with Crippen molar-refractivity contribution in [2.75, 3.05) is 12.4 Å². The summed E-state index contributed by atoms with van der Waals surface area (Å²) in [7, 11) is 1.67. The van der Waals surface area contributed by atoms with Crippen LogP contribution in [0.4, 0.5) is 5.13 Å². The quantitative estimate of drug-likeness (QED) is 0.782. The van der Waals surface area contributed by atoms with E-state index < -0.39 is 0 Å². The lowest BCUT2D eigenvalue weighted by atomic mass is 10.2. The molecular weight excluding hydrogens is 248 g/mol. The Bertz CT molecular complexity index is 615. The van der Waals surface area contributed by atoms with Crippen LogP contribution in [-0.2, 0) is 6.54 Å². The van der Waals surface area contributed by atoms with Gasteiger partial charge < -0.3 is 10.1 Å². The maximum Gasteiger partial charge on any atom is 0.213 e. The Labute approximate surface area is 108 Å². The van der Waals surface area contributed by atoms with E-state index in [0.717, 1.165) is 22.4 Å². The molecule has 0 atom stereocenters. The second-order valence-electron chi connectivity index (χ2n) is 3.76. The van der Waals surface area contributed by atoms with Crippen molar-refractivity contribution in [1.29, 1.82) is 0 Å². The Morgan fingerprint density at radius 1 is 1.33 bits per heavy atom. The molecule has 0 aliphatic carbocycles. The molecule has 1 aromatic carbocycles. The molecule has 6 heteroatoms. The van der Waals surface area contributed by atoms with E-state index in [1.807, 2.05) is 30.5 Å². The molecule has 2 aromatic heterocycles. The van der Waals surface area contributed by atoms with Crippen LogP contribution in [0.15, 0.2) is 36.7 Å². The molecule has 0 unspecified atom stereocenters. The van der Waals surface area contributed by atoms with E-state index in [-0.39, 0.29) is 0 Å². The molecule has 0 fully saturated rings. The number of rotatable bonds is 4. The largest absolute Gasteiger partial charge is 0.497 e. The minimum absolute atomic E-state index is 0.737. The number of ether oxygens (including phenoxy) is 1. The first-order valence-corrected chi connectivity index (χ1v) is 6.34. The van der Waals surface area contributed by atoms with E-state index in [0.29, 0.717) is 0 Å². The fourth-order valence-corrected chi connectivity index (χ4v) is 2.38. The maximum absolute atomic E-state index is 5.12. The first-order chi connectivity index (χ1) is 8.85. The van der Waals surface area contributed by atoms with Crippen LogP contribution >= 0.6 is 11.3 Å². The highest BCUT2D eigenvalue weighted by Crippen LogP contribution is 2.19. The van der Waals surface area contributed by atoms with Crippen LogP contribution in [0.5, 0.6) is 5.75 Å². The van der Waals surface area contributed by atoms with Crippen molar-refractivity contribution in [1.82, 2.24) is 14.6 Å². The Balaban J connectivity index is 1.68. The van der Waals surface area contributed by atoms with Gasteiger partial charge in [0.25, 0.3) is 0 Å². The predicted molar refractivity (Wildman–Crippen MR) is 71.2 cm³/mol. The number of imidazole rings is 1. The van der Waals surface area contributed by atoms with Gasteiger partial charge in [0, 0.05) is 12.7 Å². The summed E-state index contributed by atoms with van der Waals surface area (Å²) < 4.78 is 6.88. The van der Waals surface area contributed by atoms with E-state index in [2.05, 4.69) is 15.4 Å². The number of aromatic nitrogens is 3. The van der Waals surface area contributed by atoms with Gasteiger partial charge in [-0.2, -0.15) is 0 Å². The third-order valence-corrected chi connectivity index (χ3v) is 3.47. The van der Waals surface area contributed by atoms with Gasteiger partial charge in [-0.3, -0.25) is 0 Å². The summed E-state index contributed by atoms with van der Waals surface area (Å²) in [5, 5.41) is 8.51. The molecule has 0 radical (unpaired) electrons. The second kappa shape index (κ2) is 4.66. The summed E-state index contributed by atoms with van der Waals surface area (Å²) in [6, 6.07) is 7.96. The van der Waals surface area contributed by atoms with Crippen LogP contribution in [-0.4, -0.2) is 21.7 Å². The lowest BCUT2D eigenvalue weighted by Gasteiger charge is -2.03. The van der Waals surface area contributed by atoms with E-state index in [9.17, 15) is 0 Å². The average molecular weight is 260 g/mol. The van der Waals surface area contributed by atoms with Crippen LogP contribution in [0.2, 0.25) is 0 Å². The normalized spacial score (nSPS) is 10.7. The average Bonchev–Trinajstić information content (AvgIpc) is 2.97. The first-order valence-electron chi connectivity index (χ1n) is 5.52. The summed E-state index contributed by atoms with van der Waals surface area (Å²) in [6.07, 6.45) is 3.58. The highest BCUT2D eigenvalue weighted by atomic mass is 32.1. The number of hydrogen-bond donors (Lipinski definition) is 1. The zero-order valence-corrected chi connectivity index (χ0v) is 10.6. The van der Waals surface area contributed by atoms with Crippen molar-refractivity contribution >= 4 is 21.4 Å². The number of hydrogen-bond acceptors (Lipinski definition) is 5. The number of fused-ring (bicyclic) bond motifs is 1. The van der Waals surface area contributed by atoms with E-state index in [4.69, 9.17) is 4.74 Å². The second-order valence-corrected chi connectivity index (χ2v) is 4.72. The predicted octanol–water partition coefficient (Wildman–Crippen LogP) is 2.41. The number of anilines is 1. The lowest BCUT2D eigenvalue weighted by Crippen LogP contribution is -1.99. The number of nitrogens with zero attached hydrogens (tertiary/aromatic N) is 3. The van der Waals surface area contributed by atoms with E-state index in [1.165, 1.54) is 16.9 Å². The minimum atomic E-state index is 0.737. The highest BCUT2D eigenvalue weighted by molar-refractivity contribution is 7.20. The van der Waals surface area contributed by atoms with Gasteiger partial charge in [-0.05, 0) is 17.7 Å². The van der Waals surface area contributed by atoms with Gasteiger partial charge in [0.05, 0.1) is 13.3 Å². The monoisotopic (exact) mass is 260 g/mol. The molecule has 0 saturated heterocycles. The molecule has 5 nitrogen and oxygen atoms in total. The molecule has 0 amide bonds. The van der Waals surface area contributed by atoms with Crippen molar-refractivity contribution in [2.45, 2.75) is 6.54 Å². The van der Waals surface area contributed by atoms with Crippen molar-refractivity contribution in [3.63, 3.8) is 0 Å². The van der Waals surface area contributed by atoms with Crippen LogP contribution < -0.4 is 10.1 Å². The van der Waals surface area contributed by atoms with Gasteiger partial charge >= 0.3 is 0 Å². The topological polar surface area (TPSA) is 51.5 Å². The Morgan fingerprint density at radius 3 is 2.89 bits per heavy atom. The van der Waals surface area contributed by atoms with Crippen molar-refractivity contribution in [3.8, 4) is 5.75 Å².